The number of rotatable bonds is 2. The molecule has 132 valence electrons. The van der Waals surface area contributed by atoms with Gasteiger partial charge in [0.1, 0.15) is 11.5 Å². The lowest BCUT2D eigenvalue weighted by Crippen LogP contribution is -2.31. The Bertz CT molecular complexity index is 478. The molecule has 2 aromatic rings. The Morgan fingerprint density at radius 3 is 1.21 bits per heavy atom. The Balaban J connectivity index is 0.000000185. The van der Waals surface area contributed by atoms with Crippen LogP contribution < -0.4 is 0 Å². The fraction of sp³-hybridized carbons (Fsp3) is 0.400. The summed E-state index contributed by atoms with van der Waals surface area (Å²) in [4.78, 5) is 0. The summed E-state index contributed by atoms with van der Waals surface area (Å²) in [5.41, 5.74) is -0.127. The number of aromatic hydroxyl groups is 2. The molecule has 2 aromatic carbocycles. The number of para-hydroxylation sites is 2. The van der Waals surface area contributed by atoms with Gasteiger partial charge in [0.05, 0.1) is 13.2 Å². The van der Waals surface area contributed by atoms with Gasteiger partial charge in [0.15, 0.2) is 0 Å². The van der Waals surface area contributed by atoms with Gasteiger partial charge in [0.2, 0.25) is 0 Å². The third-order valence-corrected chi connectivity index (χ3v) is 4.10. The van der Waals surface area contributed by atoms with Crippen molar-refractivity contribution in [2.75, 3.05) is 13.2 Å². The van der Waals surface area contributed by atoms with Gasteiger partial charge in [0.25, 0.3) is 0 Å². The first kappa shape index (κ1) is 20.0. The molecule has 4 heteroatoms. The average molecular weight is 332 g/mol. The lowest BCUT2D eigenvalue weighted by Gasteiger charge is -2.33. The Morgan fingerprint density at radius 2 is 1.00 bits per heavy atom. The standard InChI is InChI=1S/C8H16O2.2C6H6O/c9-6-8(7-10)4-2-1-3-5-8;2*7-6-4-2-1-3-5-6/h9-10H,1-7H2;2*1-5,7H. The normalized spacial score (nSPS) is 15.2. The van der Waals surface area contributed by atoms with Gasteiger partial charge >= 0.3 is 0 Å². The minimum atomic E-state index is -0.127. The molecule has 0 saturated heterocycles. The van der Waals surface area contributed by atoms with E-state index >= 15 is 0 Å². The average Bonchev–Trinajstić information content (AvgIpc) is 2.65. The number of hydrogen-bond acceptors (Lipinski definition) is 4. The van der Waals surface area contributed by atoms with Crippen LogP contribution in [0.1, 0.15) is 32.1 Å². The second kappa shape index (κ2) is 11.5. The van der Waals surface area contributed by atoms with Crippen molar-refractivity contribution in [1.29, 1.82) is 0 Å². The van der Waals surface area contributed by atoms with Crippen molar-refractivity contribution in [3.63, 3.8) is 0 Å². The summed E-state index contributed by atoms with van der Waals surface area (Å²) in [5, 5.41) is 35.2. The highest BCUT2D eigenvalue weighted by Crippen LogP contribution is 2.34. The van der Waals surface area contributed by atoms with Crippen LogP contribution in [0.4, 0.5) is 0 Å². The van der Waals surface area contributed by atoms with Crippen LogP contribution >= 0.6 is 0 Å². The van der Waals surface area contributed by atoms with Crippen molar-refractivity contribution in [1.82, 2.24) is 0 Å². The molecule has 24 heavy (non-hydrogen) atoms. The highest BCUT2D eigenvalue weighted by molar-refractivity contribution is 5.19. The van der Waals surface area contributed by atoms with Crippen LogP contribution in [-0.4, -0.2) is 33.6 Å². The Hall–Kier alpha value is -2.04. The summed E-state index contributed by atoms with van der Waals surface area (Å²) >= 11 is 0. The molecule has 1 saturated carbocycles. The van der Waals surface area contributed by atoms with Gasteiger partial charge in [-0.05, 0) is 37.1 Å². The van der Waals surface area contributed by atoms with Crippen molar-refractivity contribution in [3.8, 4) is 11.5 Å². The molecule has 0 radical (unpaired) electrons. The van der Waals surface area contributed by atoms with Gasteiger partial charge in [0, 0.05) is 5.41 Å². The number of hydrogen-bond donors (Lipinski definition) is 4. The molecule has 0 amide bonds. The van der Waals surface area contributed by atoms with E-state index in [1.807, 2.05) is 12.1 Å². The maximum atomic E-state index is 8.98. The predicted octanol–water partition coefficient (Wildman–Crippen LogP) is 3.71. The summed E-state index contributed by atoms with van der Waals surface area (Å²) in [6, 6.07) is 17.4. The van der Waals surface area contributed by atoms with Crippen LogP contribution in [-0.2, 0) is 0 Å². The Labute approximate surface area is 144 Å². The number of phenolic OH excluding ortho intramolecular Hbond substituents is 2. The van der Waals surface area contributed by atoms with Crippen LogP contribution in [0.15, 0.2) is 60.7 Å². The molecule has 0 aliphatic heterocycles. The molecule has 3 rings (SSSR count). The van der Waals surface area contributed by atoms with E-state index in [-0.39, 0.29) is 18.6 Å². The predicted molar refractivity (Wildman–Crippen MR) is 95.9 cm³/mol. The number of benzene rings is 2. The fourth-order valence-corrected chi connectivity index (χ4v) is 2.52. The van der Waals surface area contributed by atoms with Crippen molar-refractivity contribution < 1.29 is 20.4 Å². The van der Waals surface area contributed by atoms with Crippen LogP contribution in [0, 0.1) is 5.41 Å². The molecule has 0 spiro atoms. The molecule has 1 aliphatic carbocycles. The minimum Gasteiger partial charge on any atom is -0.508 e. The van der Waals surface area contributed by atoms with E-state index in [0.717, 1.165) is 12.8 Å². The molecule has 1 aliphatic rings. The van der Waals surface area contributed by atoms with E-state index in [2.05, 4.69) is 0 Å². The smallest absolute Gasteiger partial charge is 0.115 e. The third-order valence-electron chi connectivity index (χ3n) is 4.10. The maximum absolute atomic E-state index is 8.98. The minimum absolute atomic E-state index is 0.127. The number of aliphatic hydroxyl groups excluding tert-OH is 2. The van der Waals surface area contributed by atoms with E-state index < -0.39 is 0 Å². The number of aliphatic hydroxyl groups is 2. The first-order valence-electron chi connectivity index (χ1n) is 8.32. The monoisotopic (exact) mass is 332 g/mol. The summed E-state index contributed by atoms with van der Waals surface area (Å²) < 4.78 is 0. The molecule has 0 heterocycles. The zero-order valence-corrected chi connectivity index (χ0v) is 14.0. The second-order valence-corrected chi connectivity index (χ2v) is 6.05. The van der Waals surface area contributed by atoms with E-state index in [4.69, 9.17) is 20.4 Å². The second-order valence-electron chi connectivity index (χ2n) is 6.05. The van der Waals surface area contributed by atoms with Gasteiger partial charge in [-0.25, -0.2) is 0 Å². The quantitative estimate of drug-likeness (QED) is 0.676. The molecule has 0 unspecified atom stereocenters. The summed E-state index contributed by atoms with van der Waals surface area (Å²) in [7, 11) is 0. The zero-order valence-electron chi connectivity index (χ0n) is 14.0. The lowest BCUT2D eigenvalue weighted by atomic mass is 9.75. The molecular weight excluding hydrogens is 304 g/mol. The largest absolute Gasteiger partial charge is 0.508 e. The van der Waals surface area contributed by atoms with Gasteiger partial charge in [-0.1, -0.05) is 55.7 Å². The Morgan fingerprint density at radius 1 is 0.625 bits per heavy atom. The SMILES string of the molecule is OCC1(CO)CCCCC1.Oc1ccccc1.Oc1ccccc1. The molecule has 4 N–H and O–H groups in total. The highest BCUT2D eigenvalue weighted by Gasteiger charge is 2.30. The first-order chi connectivity index (χ1) is 11.6. The lowest BCUT2D eigenvalue weighted by molar-refractivity contribution is 0.0234. The van der Waals surface area contributed by atoms with Crippen LogP contribution in [0.2, 0.25) is 0 Å². The van der Waals surface area contributed by atoms with Crippen molar-refractivity contribution in [3.05, 3.63) is 60.7 Å². The topological polar surface area (TPSA) is 80.9 Å². The third kappa shape index (κ3) is 7.99. The summed E-state index contributed by atoms with van der Waals surface area (Å²) in [5.74, 6) is 0.644. The van der Waals surface area contributed by atoms with Gasteiger partial charge in [-0.2, -0.15) is 0 Å². The molecule has 0 atom stereocenters. The van der Waals surface area contributed by atoms with E-state index in [9.17, 15) is 0 Å². The molecule has 0 aromatic heterocycles. The molecule has 0 bridgehead atoms. The van der Waals surface area contributed by atoms with Gasteiger partial charge in [-0.3, -0.25) is 0 Å². The molecule has 4 nitrogen and oxygen atoms in total. The van der Waals surface area contributed by atoms with Crippen molar-refractivity contribution >= 4 is 0 Å². The fourth-order valence-electron chi connectivity index (χ4n) is 2.52. The van der Waals surface area contributed by atoms with Gasteiger partial charge in [-0.15, -0.1) is 0 Å². The van der Waals surface area contributed by atoms with Crippen LogP contribution in [0.5, 0.6) is 11.5 Å². The van der Waals surface area contributed by atoms with E-state index in [1.54, 1.807) is 48.5 Å². The van der Waals surface area contributed by atoms with Crippen LogP contribution in [0.25, 0.3) is 0 Å². The zero-order chi connectivity index (χ0) is 17.7. The summed E-state index contributed by atoms with van der Waals surface area (Å²) in [6.45, 7) is 0.312. The first-order valence-corrected chi connectivity index (χ1v) is 8.32. The van der Waals surface area contributed by atoms with Crippen LogP contribution in [0.3, 0.4) is 0 Å². The molecular formula is C20H28O4. The van der Waals surface area contributed by atoms with Crippen molar-refractivity contribution in [2.45, 2.75) is 32.1 Å². The maximum Gasteiger partial charge on any atom is 0.115 e. The van der Waals surface area contributed by atoms with Gasteiger partial charge < -0.3 is 20.4 Å². The summed E-state index contributed by atoms with van der Waals surface area (Å²) in [6.07, 6.45) is 5.60. The highest BCUT2D eigenvalue weighted by atomic mass is 16.3. The van der Waals surface area contributed by atoms with E-state index in [1.165, 1.54) is 19.3 Å². The Kier molecular flexibility index (Phi) is 9.58. The van der Waals surface area contributed by atoms with E-state index in [0.29, 0.717) is 11.5 Å². The molecule has 1 fully saturated rings. The van der Waals surface area contributed by atoms with Crippen molar-refractivity contribution in [2.24, 2.45) is 5.41 Å². The number of phenols is 2.